The van der Waals surface area contributed by atoms with E-state index in [0.717, 1.165) is 0 Å². The van der Waals surface area contributed by atoms with Crippen molar-refractivity contribution in [2.75, 3.05) is 18.1 Å². The van der Waals surface area contributed by atoms with Gasteiger partial charge in [-0.05, 0) is 38.5 Å². The second kappa shape index (κ2) is 5.10. The molecule has 100 valence electrons. The first kappa shape index (κ1) is 13.7. The number of rotatable bonds is 3. The van der Waals surface area contributed by atoms with Gasteiger partial charge in [0.1, 0.15) is 5.75 Å². The van der Waals surface area contributed by atoms with Crippen molar-refractivity contribution in [2.45, 2.75) is 20.3 Å². The van der Waals surface area contributed by atoms with Crippen LogP contribution in [-0.2, 0) is 4.79 Å². The molecular formula is C14H15ClN2O2. The van der Waals surface area contributed by atoms with Gasteiger partial charge in [0.25, 0.3) is 5.91 Å². The highest BCUT2D eigenvalue weighted by Gasteiger charge is 2.27. The van der Waals surface area contributed by atoms with Crippen LogP contribution in [0.1, 0.15) is 20.3 Å². The Labute approximate surface area is 117 Å². The Morgan fingerprint density at radius 2 is 2.26 bits per heavy atom. The number of hydrogen-bond donors (Lipinski definition) is 0. The van der Waals surface area contributed by atoms with E-state index in [-0.39, 0.29) is 12.5 Å². The molecule has 1 amide bonds. The molecular weight excluding hydrogens is 264 g/mol. The zero-order chi connectivity index (χ0) is 14.0. The van der Waals surface area contributed by atoms with E-state index in [1.54, 1.807) is 23.1 Å². The number of halogens is 1. The largest absolute Gasteiger partial charge is 0.482 e. The fourth-order valence-electron chi connectivity index (χ4n) is 1.87. The van der Waals surface area contributed by atoms with Gasteiger partial charge in [0, 0.05) is 11.6 Å². The summed E-state index contributed by atoms with van der Waals surface area (Å²) in [6, 6.07) is 7.44. The summed E-state index contributed by atoms with van der Waals surface area (Å²) in [6.45, 7) is 4.23. The molecule has 0 bridgehead atoms. The molecule has 1 aromatic rings. The fourth-order valence-corrected chi connectivity index (χ4v) is 2.03. The third kappa shape index (κ3) is 2.99. The molecule has 0 saturated carbocycles. The van der Waals surface area contributed by atoms with Gasteiger partial charge in [-0.1, -0.05) is 11.6 Å². The standard InChI is InChI=1S/C14H15ClN2O2/c1-14(2,9-16)5-6-17-11-7-10(15)3-4-12(11)19-8-13(17)18/h3-4,7H,5-6,8H2,1-2H3. The molecule has 0 radical (unpaired) electrons. The number of fused-ring (bicyclic) bond motifs is 1. The van der Waals surface area contributed by atoms with Crippen molar-refractivity contribution in [3.05, 3.63) is 23.2 Å². The Bertz CT molecular complexity index is 549. The van der Waals surface area contributed by atoms with Crippen LogP contribution in [0.25, 0.3) is 0 Å². The van der Waals surface area contributed by atoms with E-state index in [4.69, 9.17) is 21.6 Å². The average Bonchev–Trinajstić information content (AvgIpc) is 2.37. The SMILES string of the molecule is CC(C)(C#N)CCN1C(=O)COc2ccc(Cl)cc21. The molecule has 1 aliphatic rings. The quantitative estimate of drug-likeness (QED) is 0.854. The maximum absolute atomic E-state index is 11.9. The maximum atomic E-state index is 11.9. The average molecular weight is 279 g/mol. The normalized spacial score (nSPS) is 14.6. The monoisotopic (exact) mass is 278 g/mol. The lowest BCUT2D eigenvalue weighted by atomic mass is 9.91. The predicted octanol–water partition coefficient (Wildman–Crippen LogP) is 3.01. The molecule has 0 spiro atoms. The van der Waals surface area contributed by atoms with Crippen LogP contribution >= 0.6 is 11.6 Å². The topological polar surface area (TPSA) is 53.3 Å². The van der Waals surface area contributed by atoms with Gasteiger partial charge < -0.3 is 9.64 Å². The molecule has 0 fully saturated rings. The molecule has 1 aromatic carbocycles. The van der Waals surface area contributed by atoms with Crippen molar-refractivity contribution in [2.24, 2.45) is 5.41 Å². The second-order valence-electron chi connectivity index (χ2n) is 5.19. The third-order valence-corrected chi connectivity index (χ3v) is 3.36. The first-order valence-corrected chi connectivity index (χ1v) is 6.45. The van der Waals surface area contributed by atoms with Gasteiger partial charge in [0.15, 0.2) is 6.61 Å². The number of carbonyl (C=O) groups is 1. The smallest absolute Gasteiger partial charge is 0.265 e. The first-order valence-electron chi connectivity index (χ1n) is 6.07. The summed E-state index contributed by atoms with van der Waals surface area (Å²) in [6.07, 6.45) is 0.598. The van der Waals surface area contributed by atoms with E-state index in [1.807, 2.05) is 13.8 Å². The van der Waals surface area contributed by atoms with E-state index in [2.05, 4.69) is 6.07 Å². The van der Waals surface area contributed by atoms with Crippen LogP contribution in [0.15, 0.2) is 18.2 Å². The molecule has 19 heavy (non-hydrogen) atoms. The van der Waals surface area contributed by atoms with Crippen LogP contribution in [0.2, 0.25) is 5.02 Å². The van der Waals surface area contributed by atoms with Crippen LogP contribution in [0.4, 0.5) is 5.69 Å². The van der Waals surface area contributed by atoms with E-state index in [1.165, 1.54) is 0 Å². The minimum Gasteiger partial charge on any atom is -0.482 e. The molecule has 1 aliphatic heterocycles. The van der Waals surface area contributed by atoms with Crippen molar-refractivity contribution in [3.8, 4) is 11.8 Å². The number of ether oxygens (including phenoxy) is 1. The number of amides is 1. The van der Waals surface area contributed by atoms with Gasteiger partial charge in [0.2, 0.25) is 0 Å². The molecule has 1 heterocycles. The second-order valence-corrected chi connectivity index (χ2v) is 5.63. The van der Waals surface area contributed by atoms with Gasteiger partial charge in [-0.2, -0.15) is 5.26 Å². The minimum atomic E-state index is -0.461. The third-order valence-electron chi connectivity index (χ3n) is 3.13. The summed E-state index contributed by atoms with van der Waals surface area (Å²) in [5.74, 6) is 0.544. The number of benzene rings is 1. The zero-order valence-electron chi connectivity index (χ0n) is 10.9. The highest BCUT2D eigenvalue weighted by atomic mass is 35.5. The number of carbonyl (C=O) groups excluding carboxylic acids is 1. The molecule has 2 rings (SSSR count). The Morgan fingerprint density at radius 3 is 2.95 bits per heavy atom. The van der Waals surface area contributed by atoms with Gasteiger partial charge >= 0.3 is 0 Å². The van der Waals surface area contributed by atoms with Crippen LogP contribution < -0.4 is 9.64 Å². The van der Waals surface area contributed by atoms with E-state index in [0.29, 0.717) is 29.4 Å². The van der Waals surface area contributed by atoms with E-state index >= 15 is 0 Å². The Kier molecular flexibility index (Phi) is 3.68. The molecule has 0 N–H and O–H groups in total. The van der Waals surface area contributed by atoms with Gasteiger partial charge in [-0.25, -0.2) is 0 Å². The van der Waals surface area contributed by atoms with Crippen LogP contribution in [0.3, 0.4) is 0 Å². The van der Waals surface area contributed by atoms with Crippen molar-refractivity contribution in [1.29, 1.82) is 5.26 Å². The summed E-state index contributed by atoms with van der Waals surface area (Å²) in [4.78, 5) is 13.6. The van der Waals surface area contributed by atoms with Crippen molar-refractivity contribution >= 4 is 23.2 Å². The Hall–Kier alpha value is -1.73. The summed E-state index contributed by atoms with van der Waals surface area (Å²) >= 11 is 5.96. The van der Waals surface area contributed by atoms with Crippen LogP contribution in [0, 0.1) is 16.7 Å². The van der Waals surface area contributed by atoms with Gasteiger partial charge in [0.05, 0.1) is 17.2 Å². The lowest BCUT2D eigenvalue weighted by Gasteiger charge is -2.31. The predicted molar refractivity (Wildman–Crippen MR) is 73.3 cm³/mol. The van der Waals surface area contributed by atoms with E-state index in [9.17, 15) is 4.79 Å². The lowest BCUT2D eigenvalue weighted by molar-refractivity contribution is -0.121. The van der Waals surface area contributed by atoms with Gasteiger partial charge in [-0.3, -0.25) is 4.79 Å². The lowest BCUT2D eigenvalue weighted by Crippen LogP contribution is -2.40. The zero-order valence-corrected chi connectivity index (χ0v) is 11.7. The van der Waals surface area contributed by atoms with E-state index < -0.39 is 5.41 Å². The maximum Gasteiger partial charge on any atom is 0.265 e. The summed E-state index contributed by atoms with van der Waals surface area (Å²) < 4.78 is 5.36. The van der Waals surface area contributed by atoms with Crippen LogP contribution in [0.5, 0.6) is 5.75 Å². The van der Waals surface area contributed by atoms with Crippen molar-refractivity contribution in [3.63, 3.8) is 0 Å². The number of nitrogens with zero attached hydrogens (tertiary/aromatic N) is 2. The number of nitriles is 1. The molecule has 4 nitrogen and oxygen atoms in total. The fraction of sp³-hybridized carbons (Fsp3) is 0.429. The Balaban J connectivity index is 2.24. The summed E-state index contributed by atoms with van der Waals surface area (Å²) in [5.41, 5.74) is 0.217. The molecule has 0 aliphatic carbocycles. The first-order chi connectivity index (χ1) is 8.93. The summed E-state index contributed by atoms with van der Waals surface area (Å²) in [5, 5.41) is 9.59. The Morgan fingerprint density at radius 1 is 1.53 bits per heavy atom. The highest BCUT2D eigenvalue weighted by molar-refractivity contribution is 6.31. The van der Waals surface area contributed by atoms with Crippen molar-refractivity contribution < 1.29 is 9.53 Å². The van der Waals surface area contributed by atoms with Gasteiger partial charge in [-0.15, -0.1) is 0 Å². The number of anilines is 1. The molecule has 0 atom stereocenters. The minimum absolute atomic E-state index is 0.0294. The molecule has 5 heteroatoms. The number of hydrogen-bond acceptors (Lipinski definition) is 3. The summed E-state index contributed by atoms with van der Waals surface area (Å²) in [7, 11) is 0. The van der Waals surface area contributed by atoms with Crippen LogP contribution in [-0.4, -0.2) is 19.1 Å². The molecule has 0 saturated heterocycles. The molecule has 0 unspecified atom stereocenters. The highest BCUT2D eigenvalue weighted by Crippen LogP contribution is 2.35. The molecule has 0 aromatic heterocycles. The van der Waals surface area contributed by atoms with Crippen molar-refractivity contribution in [1.82, 2.24) is 0 Å².